The Morgan fingerprint density at radius 2 is 2.08 bits per heavy atom. The lowest BCUT2D eigenvalue weighted by Gasteiger charge is -2.10. The van der Waals surface area contributed by atoms with Crippen LogP contribution in [0.2, 0.25) is 0 Å². The van der Waals surface area contributed by atoms with E-state index in [0.717, 1.165) is 0 Å². The number of hydrogen-bond donors (Lipinski definition) is 0. The summed E-state index contributed by atoms with van der Waals surface area (Å²) >= 11 is 0. The van der Waals surface area contributed by atoms with Crippen molar-refractivity contribution in [3.05, 3.63) is 18.1 Å². The zero-order valence-corrected chi connectivity index (χ0v) is 8.31. The second-order valence-corrected chi connectivity index (χ2v) is 3.76. The van der Waals surface area contributed by atoms with Crippen LogP contribution < -0.4 is 0 Å². The van der Waals surface area contributed by atoms with Gasteiger partial charge in [-0.15, -0.1) is 0 Å². The van der Waals surface area contributed by atoms with E-state index in [1.807, 2.05) is 0 Å². The summed E-state index contributed by atoms with van der Waals surface area (Å²) in [6.07, 6.45) is 15.8. The fraction of sp³-hybridized carbons (Fsp3) is 0.750. The SMILES string of the molecule is C[CH]CCC1=CCCCCCC1. The predicted molar refractivity (Wildman–Crippen MR) is 55.0 cm³/mol. The second-order valence-electron chi connectivity index (χ2n) is 3.76. The largest absolute Gasteiger partial charge is 0.0853 e. The molecule has 0 aromatic rings. The van der Waals surface area contributed by atoms with Gasteiger partial charge < -0.3 is 0 Å². The molecule has 0 bridgehead atoms. The van der Waals surface area contributed by atoms with Gasteiger partial charge in [-0.1, -0.05) is 31.4 Å². The molecule has 1 aliphatic rings. The van der Waals surface area contributed by atoms with E-state index in [0.29, 0.717) is 0 Å². The first-order valence-corrected chi connectivity index (χ1v) is 5.39. The standard InChI is InChI=1S/C12H21/c1-2-3-9-12-10-7-5-4-6-8-11-12/h2,10H,3-9,11H2,1H3. The molecule has 0 heteroatoms. The summed E-state index contributed by atoms with van der Waals surface area (Å²) in [5.41, 5.74) is 1.72. The number of hydrogen-bond acceptors (Lipinski definition) is 0. The summed E-state index contributed by atoms with van der Waals surface area (Å²) < 4.78 is 0. The van der Waals surface area contributed by atoms with Crippen molar-refractivity contribution in [2.24, 2.45) is 0 Å². The molecule has 0 fully saturated rings. The van der Waals surface area contributed by atoms with Crippen molar-refractivity contribution < 1.29 is 0 Å². The van der Waals surface area contributed by atoms with Crippen LogP contribution in [0.3, 0.4) is 0 Å². The van der Waals surface area contributed by atoms with Gasteiger partial charge in [-0.3, -0.25) is 0 Å². The average molecular weight is 165 g/mol. The first kappa shape index (κ1) is 9.83. The van der Waals surface area contributed by atoms with Gasteiger partial charge in [0.2, 0.25) is 0 Å². The molecule has 1 aliphatic carbocycles. The van der Waals surface area contributed by atoms with Gasteiger partial charge in [0.1, 0.15) is 0 Å². The van der Waals surface area contributed by atoms with Crippen LogP contribution in [0.25, 0.3) is 0 Å². The van der Waals surface area contributed by atoms with Crippen LogP contribution in [0.15, 0.2) is 11.6 Å². The Labute approximate surface area is 77.1 Å². The Morgan fingerprint density at radius 3 is 2.92 bits per heavy atom. The minimum atomic E-state index is 1.27. The summed E-state index contributed by atoms with van der Waals surface area (Å²) in [7, 11) is 0. The van der Waals surface area contributed by atoms with Gasteiger partial charge in [-0.25, -0.2) is 0 Å². The maximum atomic E-state index is 2.49. The highest BCUT2D eigenvalue weighted by Gasteiger charge is 2.00. The highest BCUT2D eigenvalue weighted by atomic mass is 14.1. The maximum Gasteiger partial charge on any atom is -0.0318 e. The molecule has 0 atom stereocenters. The highest BCUT2D eigenvalue weighted by molar-refractivity contribution is 5.03. The normalized spacial score (nSPS) is 19.6. The van der Waals surface area contributed by atoms with Crippen LogP contribution in [0.5, 0.6) is 0 Å². The van der Waals surface area contributed by atoms with E-state index < -0.39 is 0 Å². The molecule has 0 aromatic heterocycles. The van der Waals surface area contributed by atoms with Crippen LogP contribution in [-0.2, 0) is 0 Å². The number of rotatable bonds is 3. The van der Waals surface area contributed by atoms with Crippen molar-refractivity contribution >= 4 is 0 Å². The van der Waals surface area contributed by atoms with Crippen LogP contribution in [-0.4, -0.2) is 0 Å². The zero-order chi connectivity index (χ0) is 8.65. The minimum Gasteiger partial charge on any atom is -0.0853 e. The third-order valence-corrected chi connectivity index (χ3v) is 2.64. The van der Waals surface area contributed by atoms with Crippen molar-refractivity contribution in [3.8, 4) is 0 Å². The molecule has 12 heavy (non-hydrogen) atoms. The molecule has 0 aromatic carbocycles. The third kappa shape index (κ3) is 3.94. The maximum absolute atomic E-state index is 2.49. The first-order chi connectivity index (χ1) is 5.93. The lowest BCUT2D eigenvalue weighted by Crippen LogP contribution is -1.90. The molecular weight excluding hydrogens is 144 g/mol. The van der Waals surface area contributed by atoms with E-state index >= 15 is 0 Å². The molecule has 69 valence electrons. The predicted octanol–water partition coefficient (Wildman–Crippen LogP) is 4.27. The summed E-state index contributed by atoms with van der Waals surface area (Å²) in [6, 6.07) is 0. The molecule has 0 N–H and O–H groups in total. The third-order valence-electron chi connectivity index (χ3n) is 2.64. The minimum absolute atomic E-state index is 1.27. The van der Waals surface area contributed by atoms with Crippen LogP contribution in [0.4, 0.5) is 0 Å². The number of unbranched alkanes of at least 4 members (excludes halogenated alkanes) is 1. The smallest absolute Gasteiger partial charge is 0.0318 e. The zero-order valence-electron chi connectivity index (χ0n) is 8.31. The van der Waals surface area contributed by atoms with E-state index in [2.05, 4.69) is 19.4 Å². The van der Waals surface area contributed by atoms with Crippen molar-refractivity contribution in [1.29, 1.82) is 0 Å². The van der Waals surface area contributed by atoms with Crippen LogP contribution >= 0.6 is 0 Å². The molecule has 1 radical (unpaired) electrons. The van der Waals surface area contributed by atoms with Gasteiger partial charge >= 0.3 is 0 Å². The van der Waals surface area contributed by atoms with E-state index in [9.17, 15) is 0 Å². The van der Waals surface area contributed by atoms with Crippen molar-refractivity contribution in [2.75, 3.05) is 0 Å². The molecule has 0 nitrogen and oxygen atoms in total. The van der Waals surface area contributed by atoms with Crippen molar-refractivity contribution in [3.63, 3.8) is 0 Å². The second kappa shape index (κ2) is 6.28. The molecule has 0 saturated carbocycles. The van der Waals surface area contributed by atoms with E-state index in [4.69, 9.17) is 0 Å². The summed E-state index contributed by atoms with van der Waals surface area (Å²) in [5, 5.41) is 0. The summed E-state index contributed by atoms with van der Waals surface area (Å²) in [5.74, 6) is 0. The topological polar surface area (TPSA) is 0 Å². The fourth-order valence-electron chi connectivity index (χ4n) is 1.81. The van der Waals surface area contributed by atoms with Gasteiger partial charge in [0.15, 0.2) is 0 Å². The van der Waals surface area contributed by atoms with Gasteiger partial charge in [-0.2, -0.15) is 0 Å². The highest BCUT2D eigenvalue weighted by Crippen LogP contribution is 2.20. The Balaban J connectivity index is 2.26. The Morgan fingerprint density at radius 1 is 1.25 bits per heavy atom. The first-order valence-electron chi connectivity index (χ1n) is 5.39. The molecular formula is C12H21. The Bertz CT molecular complexity index is 133. The monoisotopic (exact) mass is 165 g/mol. The lowest BCUT2D eigenvalue weighted by molar-refractivity contribution is 0.613. The number of allylic oxidation sites excluding steroid dienone is 2. The van der Waals surface area contributed by atoms with Gasteiger partial charge in [0.25, 0.3) is 0 Å². The average Bonchev–Trinajstić information content (AvgIpc) is 2.02. The van der Waals surface area contributed by atoms with Crippen molar-refractivity contribution in [1.82, 2.24) is 0 Å². The van der Waals surface area contributed by atoms with Gasteiger partial charge in [0, 0.05) is 0 Å². The Hall–Kier alpha value is -0.260. The molecule has 0 unspecified atom stereocenters. The van der Waals surface area contributed by atoms with E-state index in [-0.39, 0.29) is 0 Å². The molecule has 0 aliphatic heterocycles. The van der Waals surface area contributed by atoms with Crippen LogP contribution in [0, 0.1) is 6.42 Å². The summed E-state index contributed by atoms with van der Waals surface area (Å²) in [4.78, 5) is 0. The quantitative estimate of drug-likeness (QED) is 0.548. The molecule has 0 spiro atoms. The lowest BCUT2D eigenvalue weighted by atomic mass is 9.96. The molecule has 1 rings (SSSR count). The van der Waals surface area contributed by atoms with E-state index in [1.54, 1.807) is 5.57 Å². The molecule has 0 amide bonds. The Kier molecular flexibility index (Phi) is 5.14. The van der Waals surface area contributed by atoms with Crippen molar-refractivity contribution in [2.45, 2.75) is 58.3 Å². The summed E-state index contributed by atoms with van der Waals surface area (Å²) in [6.45, 7) is 2.16. The van der Waals surface area contributed by atoms with Gasteiger partial charge in [-0.05, 0) is 44.9 Å². The molecule has 0 saturated heterocycles. The van der Waals surface area contributed by atoms with E-state index in [1.165, 1.54) is 51.4 Å². The van der Waals surface area contributed by atoms with Crippen LogP contribution in [0.1, 0.15) is 58.3 Å². The molecule has 0 heterocycles. The fourth-order valence-corrected chi connectivity index (χ4v) is 1.81. The van der Waals surface area contributed by atoms with Gasteiger partial charge in [0.05, 0.1) is 0 Å².